The number of nitrogens with zero attached hydrogens (tertiary/aromatic N) is 2. The molecule has 2 saturated carbocycles. The van der Waals surface area contributed by atoms with Crippen molar-refractivity contribution >= 4 is 12.1 Å². The summed E-state index contributed by atoms with van der Waals surface area (Å²) in [5, 5.41) is 6.23. The van der Waals surface area contributed by atoms with Crippen LogP contribution in [0.4, 0.5) is 9.59 Å². The molecular weight excluding hydrogens is 432 g/mol. The second-order valence-corrected chi connectivity index (χ2v) is 10.8. The molecule has 10 heteroatoms. The van der Waals surface area contributed by atoms with E-state index in [0.29, 0.717) is 24.2 Å². The molecule has 2 aliphatic carbocycles. The molecule has 4 aliphatic rings. The van der Waals surface area contributed by atoms with E-state index in [1.165, 1.54) is 0 Å². The van der Waals surface area contributed by atoms with Gasteiger partial charge in [-0.05, 0) is 77.0 Å². The molecule has 196 valence electrons. The van der Waals surface area contributed by atoms with E-state index in [0.717, 1.165) is 103 Å². The Morgan fingerprint density at radius 3 is 1.03 bits per heavy atom. The minimum Gasteiger partial charge on any atom is -0.335 e. The average molecular weight is 481 g/mol. The minimum absolute atomic E-state index is 0.0809. The number of carbonyl (C=O) groups excluding carboxylic acids is 2. The molecule has 0 bridgehead atoms. The molecule has 0 unspecified atom stereocenters. The van der Waals surface area contributed by atoms with Gasteiger partial charge in [-0.2, -0.15) is 0 Å². The number of nitrogens with two attached hydrogens (primary N) is 4. The van der Waals surface area contributed by atoms with Gasteiger partial charge in [-0.1, -0.05) is 0 Å². The van der Waals surface area contributed by atoms with Crippen LogP contribution < -0.4 is 33.6 Å². The summed E-state index contributed by atoms with van der Waals surface area (Å²) in [4.78, 5) is 27.8. The van der Waals surface area contributed by atoms with Gasteiger partial charge in [0.15, 0.2) is 0 Å². The van der Waals surface area contributed by atoms with Crippen molar-refractivity contribution in [1.29, 1.82) is 0 Å². The fourth-order valence-corrected chi connectivity index (χ4v) is 5.26. The lowest BCUT2D eigenvalue weighted by Crippen LogP contribution is -2.50. The van der Waals surface area contributed by atoms with Crippen molar-refractivity contribution in [1.82, 2.24) is 20.4 Å². The maximum Gasteiger partial charge on any atom is 0.317 e. The average Bonchev–Trinajstić information content (AvgIpc) is 2.83. The smallest absolute Gasteiger partial charge is 0.317 e. The number of likely N-dealkylation sites (tertiary alicyclic amines) is 2. The van der Waals surface area contributed by atoms with Crippen LogP contribution in [0.5, 0.6) is 0 Å². The third kappa shape index (κ3) is 8.87. The summed E-state index contributed by atoms with van der Waals surface area (Å²) in [7, 11) is 0. The van der Waals surface area contributed by atoms with E-state index in [2.05, 4.69) is 10.6 Å². The first-order valence-electron chi connectivity index (χ1n) is 13.4. The van der Waals surface area contributed by atoms with Gasteiger partial charge in [0, 0.05) is 62.4 Å². The highest BCUT2D eigenvalue weighted by molar-refractivity contribution is 5.75. The van der Waals surface area contributed by atoms with Crippen molar-refractivity contribution < 1.29 is 9.59 Å². The van der Waals surface area contributed by atoms with Gasteiger partial charge in [-0.3, -0.25) is 0 Å². The Hall–Kier alpha value is -1.62. The van der Waals surface area contributed by atoms with E-state index in [1.54, 1.807) is 0 Å². The van der Waals surface area contributed by atoms with E-state index < -0.39 is 0 Å². The van der Waals surface area contributed by atoms with Crippen molar-refractivity contribution in [3.63, 3.8) is 0 Å². The maximum absolute atomic E-state index is 12.0. The molecule has 2 aliphatic heterocycles. The summed E-state index contributed by atoms with van der Waals surface area (Å²) in [6.07, 6.45) is 11.8. The second-order valence-electron chi connectivity index (χ2n) is 10.8. The monoisotopic (exact) mass is 480 g/mol. The van der Waals surface area contributed by atoms with Crippen molar-refractivity contribution in [3.8, 4) is 0 Å². The van der Waals surface area contributed by atoms with Crippen LogP contribution in [0.1, 0.15) is 77.0 Å². The Labute approximate surface area is 204 Å². The first kappa shape index (κ1) is 27.0. The van der Waals surface area contributed by atoms with Crippen molar-refractivity contribution in [3.05, 3.63) is 0 Å². The zero-order chi connectivity index (χ0) is 24.5. The molecule has 0 atom stereocenters. The second kappa shape index (κ2) is 13.5. The predicted octanol–water partition coefficient (Wildman–Crippen LogP) is 0.778. The zero-order valence-electron chi connectivity index (χ0n) is 20.8. The first-order chi connectivity index (χ1) is 16.3. The van der Waals surface area contributed by atoms with E-state index in [-0.39, 0.29) is 24.1 Å². The molecule has 2 saturated heterocycles. The Bertz CT molecular complexity index is 564. The fourth-order valence-electron chi connectivity index (χ4n) is 5.26. The van der Waals surface area contributed by atoms with Gasteiger partial charge in [-0.25, -0.2) is 9.59 Å². The third-order valence-corrected chi connectivity index (χ3v) is 7.85. The molecule has 10 nitrogen and oxygen atoms in total. The summed E-state index contributed by atoms with van der Waals surface area (Å²) < 4.78 is 0. The Morgan fingerprint density at radius 2 is 0.735 bits per heavy atom. The van der Waals surface area contributed by atoms with Crippen molar-refractivity contribution in [2.24, 2.45) is 22.9 Å². The van der Waals surface area contributed by atoms with Crippen LogP contribution in [0.15, 0.2) is 0 Å². The number of nitrogens with one attached hydrogen (secondary N) is 2. The number of hydrogen-bond donors (Lipinski definition) is 6. The summed E-state index contributed by atoms with van der Waals surface area (Å²) >= 11 is 0. The summed E-state index contributed by atoms with van der Waals surface area (Å²) in [5.74, 6) is 0. The zero-order valence-corrected chi connectivity index (χ0v) is 20.8. The lowest BCUT2D eigenvalue weighted by Gasteiger charge is -2.33. The lowest BCUT2D eigenvalue weighted by molar-refractivity contribution is 0.173. The SMILES string of the molecule is NC1CCC(NC(=O)N2CCC(N)CC2)CC1.NC1CCC(NC(=O)N2CCC(N)CC2)CC1. The van der Waals surface area contributed by atoms with Crippen LogP contribution in [-0.2, 0) is 0 Å². The standard InChI is InChI=1S/2C12H24N4O/c2*13-9-1-3-11(4-2-9)15-12(17)16-7-5-10(14)6-8-16/h2*9-11H,1-8,13-14H2,(H,15,17). The highest BCUT2D eigenvalue weighted by Gasteiger charge is 2.26. The van der Waals surface area contributed by atoms with Crippen LogP contribution >= 0.6 is 0 Å². The van der Waals surface area contributed by atoms with E-state index in [9.17, 15) is 9.59 Å². The summed E-state index contributed by atoms with van der Waals surface area (Å²) in [6.45, 7) is 3.16. The molecule has 4 fully saturated rings. The molecule has 0 spiro atoms. The number of amides is 4. The molecule has 10 N–H and O–H groups in total. The normalized spacial score (nSPS) is 31.3. The number of rotatable bonds is 2. The largest absolute Gasteiger partial charge is 0.335 e. The van der Waals surface area contributed by atoms with Crippen LogP contribution in [0.3, 0.4) is 0 Å². The topological polar surface area (TPSA) is 169 Å². The Kier molecular flexibility index (Phi) is 10.7. The van der Waals surface area contributed by atoms with Gasteiger partial charge >= 0.3 is 12.1 Å². The molecule has 0 aromatic heterocycles. The molecule has 2 heterocycles. The van der Waals surface area contributed by atoms with Crippen LogP contribution in [0, 0.1) is 0 Å². The highest BCUT2D eigenvalue weighted by atomic mass is 16.2. The van der Waals surface area contributed by atoms with Crippen LogP contribution in [0.25, 0.3) is 0 Å². The van der Waals surface area contributed by atoms with Gasteiger partial charge in [0.25, 0.3) is 0 Å². The Balaban J connectivity index is 0.000000191. The van der Waals surface area contributed by atoms with Crippen molar-refractivity contribution in [2.45, 2.75) is 113 Å². The molecule has 34 heavy (non-hydrogen) atoms. The first-order valence-corrected chi connectivity index (χ1v) is 13.4. The Morgan fingerprint density at radius 1 is 0.471 bits per heavy atom. The molecule has 0 aromatic rings. The molecule has 0 aromatic carbocycles. The summed E-state index contributed by atoms with van der Waals surface area (Å²) in [6, 6.07) is 2.00. The van der Waals surface area contributed by atoms with E-state index in [4.69, 9.17) is 22.9 Å². The van der Waals surface area contributed by atoms with Gasteiger partial charge in [0.1, 0.15) is 0 Å². The third-order valence-electron chi connectivity index (χ3n) is 7.85. The number of urea groups is 2. The van der Waals surface area contributed by atoms with Gasteiger partial charge < -0.3 is 43.4 Å². The van der Waals surface area contributed by atoms with Gasteiger partial charge in [-0.15, -0.1) is 0 Å². The fraction of sp³-hybridized carbons (Fsp3) is 0.917. The van der Waals surface area contributed by atoms with Crippen molar-refractivity contribution in [2.75, 3.05) is 26.2 Å². The number of hydrogen-bond acceptors (Lipinski definition) is 6. The van der Waals surface area contributed by atoms with E-state index in [1.807, 2.05) is 9.80 Å². The molecule has 4 amide bonds. The van der Waals surface area contributed by atoms with E-state index >= 15 is 0 Å². The van der Waals surface area contributed by atoms with Gasteiger partial charge in [0.2, 0.25) is 0 Å². The lowest BCUT2D eigenvalue weighted by atomic mass is 9.92. The van der Waals surface area contributed by atoms with Gasteiger partial charge in [0.05, 0.1) is 0 Å². The molecular formula is C24H48N8O2. The maximum atomic E-state index is 12.0. The van der Waals surface area contributed by atoms with Crippen LogP contribution in [0.2, 0.25) is 0 Å². The molecule has 4 rings (SSSR count). The summed E-state index contributed by atoms with van der Waals surface area (Å²) in [5.41, 5.74) is 23.3. The van der Waals surface area contributed by atoms with Crippen LogP contribution in [-0.4, -0.2) is 84.3 Å². The number of carbonyl (C=O) groups is 2. The highest BCUT2D eigenvalue weighted by Crippen LogP contribution is 2.19. The predicted molar refractivity (Wildman–Crippen MR) is 135 cm³/mol. The minimum atomic E-state index is 0.0809. The quantitative estimate of drug-likeness (QED) is 0.341. The molecule has 0 radical (unpaired) electrons. The number of piperidine rings is 2.